The van der Waals surface area contributed by atoms with E-state index in [1.807, 2.05) is 35.2 Å². The standard InChI is InChI=1S/C21H22N6O/c1-14-12-26(13-15(2)28-14)21-8-7-20-22-11-19(27(20)25-21)17-5-3-16(4-6-17)18-9-23-24-10-18/h3-11,14-15H,12-13H2,1-2H3,(H,23,24). The predicted octanol–water partition coefficient (Wildman–Crippen LogP) is 3.40. The second kappa shape index (κ2) is 6.76. The first-order chi connectivity index (χ1) is 13.7. The number of hydrogen-bond acceptors (Lipinski definition) is 5. The highest BCUT2D eigenvalue weighted by Crippen LogP contribution is 2.26. The van der Waals surface area contributed by atoms with E-state index in [1.54, 1.807) is 0 Å². The van der Waals surface area contributed by atoms with Gasteiger partial charge in [-0.25, -0.2) is 9.50 Å². The van der Waals surface area contributed by atoms with Crippen molar-refractivity contribution in [3.63, 3.8) is 0 Å². The molecule has 0 spiro atoms. The van der Waals surface area contributed by atoms with E-state index < -0.39 is 0 Å². The van der Waals surface area contributed by atoms with Crippen molar-refractivity contribution in [3.8, 4) is 22.4 Å². The molecule has 3 aromatic heterocycles. The van der Waals surface area contributed by atoms with Gasteiger partial charge in [0.05, 0.1) is 30.3 Å². The summed E-state index contributed by atoms with van der Waals surface area (Å²) in [5.41, 5.74) is 5.09. The van der Waals surface area contributed by atoms with Gasteiger partial charge in [0.1, 0.15) is 5.82 Å². The molecule has 2 atom stereocenters. The Bertz CT molecular complexity index is 1080. The number of ether oxygens (including phenoxy) is 1. The van der Waals surface area contributed by atoms with E-state index in [2.05, 4.69) is 58.2 Å². The maximum Gasteiger partial charge on any atom is 0.154 e. The van der Waals surface area contributed by atoms with Crippen molar-refractivity contribution in [1.82, 2.24) is 24.8 Å². The van der Waals surface area contributed by atoms with Crippen LogP contribution in [0.4, 0.5) is 5.82 Å². The number of nitrogens with one attached hydrogen (secondary N) is 1. The highest BCUT2D eigenvalue weighted by atomic mass is 16.5. The summed E-state index contributed by atoms with van der Waals surface area (Å²) in [6.45, 7) is 5.88. The number of hydrogen-bond donors (Lipinski definition) is 1. The average molecular weight is 374 g/mol. The van der Waals surface area contributed by atoms with Crippen LogP contribution in [-0.2, 0) is 4.74 Å². The number of fused-ring (bicyclic) bond motifs is 1. The van der Waals surface area contributed by atoms with Gasteiger partial charge in [-0.1, -0.05) is 24.3 Å². The Balaban J connectivity index is 1.50. The fourth-order valence-corrected chi connectivity index (χ4v) is 3.84. The molecule has 1 fully saturated rings. The lowest BCUT2D eigenvalue weighted by Crippen LogP contribution is -2.46. The molecular weight excluding hydrogens is 352 g/mol. The Morgan fingerprint density at radius 1 is 0.929 bits per heavy atom. The summed E-state index contributed by atoms with van der Waals surface area (Å²) in [7, 11) is 0. The SMILES string of the molecule is CC1CN(c2ccc3ncc(-c4ccc(-c5cn[nH]c5)cc4)n3n2)CC(C)O1. The number of benzene rings is 1. The summed E-state index contributed by atoms with van der Waals surface area (Å²) < 4.78 is 7.77. The molecule has 1 saturated heterocycles. The topological polar surface area (TPSA) is 71.3 Å². The van der Waals surface area contributed by atoms with E-state index in [1.165, 1.54) is 0 Å². The van der Waals surface area contributed by atoms with E-state index in [0.29, 0.717) is 0 Å². The number of imidazole rings is 1. The van der Waals surface area contributed by atoms with Crippen LogP contribution >= 0.6 is 0 Å². The van der Waals surface area contributed by atoms with Crippen molar-refractivity contribution in [1.29, 1.82) is 0 Å². The van der Waals surface area contributed by atoms with Crippen LogP contribution in [0.15, 0.2) is 55.0 Å². The number of morpholine rings is 1. The molecule has 1 aliphatic heterocycles. The minimum atomic E-state index is 0.193. The van der Waals surface area contributed by atoms with Gasteiger partial charge in [-0.2, -0.15) is 5.10 Å². The molecule has 142 valence electrons. The lowest BCUT2D eigenvalue weighted by Gasteiger charge is -2.35. The summed E-state index contributed by atoms with van der Waals surface area (Å²) >= 11 is 0. The Kier molecular flexibility index (Phi) is 4.09. The highest BCUT2D eigenvalue weighted by Gasteiger charge is 2.23. The van der Waals surface area contributed by atoms with Crippen LogP contribution < -0.4 is 4.90 Å². The summed E-state index contributed by atoms with van der Waals surface area (Å²) in [6.07, 6.45) is 5.98. The third-order valence-corrected chi connectivity index (χ3v) is 5.10. The van der Waals surface area contributed by atoms with Crippen molar-refractivity contribution in [2.24, 2.45) is 0 Å². The molecule has 0 radical (unpaired) electrons. The van der Waals surface area contributed by atoms with E-state index >= 15 is 0 Å². The molecule has 1 aromatic carbocycles. The van der Waals surface area contributed by atoms with E-state index in [-0.39, 0.29) is 12.2 Å². The highest BCUT2D eigenvalue weighted by molar-refractivity contribution is 5.69. The van der Waals surface area contributed by atoms with E-state index in [0.717, 1.165) is 46.9 Å². The van der Waals surface area contributed by atoms with Gasteiger partial charge in [-0.3, -0.25) is 5.10 Å². The molecule has 1 aliphatic rings. The second-order valence-corrected chi connectivity index (χ2v) is 7.33. The molecule has 7 heteroatoms. The summed E-state index contributed by atoms with van der Waals surface area (Å²) in [6, 6.07) is 12.4. The van der Waals surface area contributed by atoms with E-state index in [4.69, 9.17) is 9.84 Å². The smallest absolute Gasteiger partial charge is 0.154 e. The minimum Gasteiger partial charge on any atom is -0.372 e. The number of anilines is 1. The number of aromatic amines is 1. The third-order valence-electron chi connectivity index (χ3n) is 5.10. The van der Waals surface area contributed by atoms with Crippen LogP contribution in [0.3, 0.4) is 0 Å². The maximum atomic E-state index is 5.85. The van der Waals surface area contributed by atoms with Gasteiger partial charge in [0.2, 0.25) is 0 Å². The quantitative estimate of drug-likeness (QED) is 0.595. The van der Waals surface area contributed by atoms with Gasteiger partial charge in [-0.05, 0) is 31.5 Å². The van der Waals surface area contributed by atoms with E-state index in [9.17, 15) is 0 Å². The van der Waals surface area contributed by atoms with Crippen LogP contribution in [-0.4, -0.2) is 50.1 Å². The second-order valence-electron chi connectivity index (χ2n) is 7.33. The Labute approximate surface area is 163 Å². The summed E-state index contributed by atoms with van der Waals surface area (Å²) in [5, 5.41) is 11.8. The molecule has 0 amide bonds. The van der Waals surface area contributed by atoms with Crippen LogP contribution in [0, 0.1) is 0 Å². The molecule has 2 unspecified atom stereocenters. The molecule has 0 bridgehead atoms. The number of aromatic nitrogens is 5. The van der Waals surface area contributed by atoms with Crippen molar-refractivity contribution < 1.29 is 4.74 Å². The fourth-order valence-electron chi connectivity index (χ4n) is 3.84. The molecule has 4 heterocycles. The molecule has 0 aliphatic carbocycles. The number of rotatable bonds is 3. The third kappa shape index (κ3) is 3.03. The summed E-state index contributed by atoms with van der Waals surface area (Å²) in [4.78, 5) is 6.81. The normalized spacial score (nSPS) is 20.0. The molecule has 28 heavy (non-hydrogen) atoms. The van der Waals surface area contributed by atoms with Crippen molar-refractivity contribution in [2.45, 2.75) is 26.1 Å². The van der Waals surface area contributed by atoms with Crippen LogP contribution in [0.25, 0.3) is 28.0 Å². The minimum absolute atomic E-state index is 0.193. The molecule has 4 aromatic rings. The van der Waals surface area contributed by atoms with Crippen molar-refractivity contribution in [2.75, 3.05) is 18.0 Å². The van der Waals surface area contributed by atoms with Gasteiger partial charge in [-0.15, -0.1) is 5.10 Å². The lowest BCUT2D eigenvalue weighted by atomic mass is 10.1. The van der Waals surface area contributed by atoms with Gasteiger partial charge in [0.25, 0.3) is 0 Å². The largest absolute Gasteiger partial charge is 0.372 e. The van der Waals surface area contributed by atoms with Crippen molar-refractivity contribution >= 4 is 11.5 Å². The number of nitrogens with zero attached hydrogens (tertiary/aromatic N) is 5. The van der Waals surface area contributed by atoms with Gasteiger partial charge in [0, 0.05) is 30.4 Å². The Hall–Kier alpha value is -3.19. The first-order valence-corrected chi connectivity index (χ1v) is 9.52. The molecule has 1 N–H and O–H groups in total. The van der Waals surface area contributed by atoms with Crippen LogP contribution in [0.5, 0.6) is 0 Å². The molecule has 0 saturated carbocycles. The molecule has 7 nitrogen and oxygen atoms in total. The maximum absolute atomic E-state index is 5.85. The van der Waals surface area contributed by atoms with Crippen molar-refractivity contribution in [3.05, 3.63) is 55.0 Å². The fraction of sp³-hybridized carbons (Fsp3) is 0.286. The zero-order valence-corrected chi connectivity index (χ0v) is 15.9. The molecule has 5 rings (SSSR count). The van der Waals surface area contributed by atoms with Gasteiger partial charge in [0.15, 0.2) is 5.65 Å². The summed E-state index contributed by atoms with van der Waals surface area (Å²) in [5.74, 6) is 0.948. The first-order valence-electron chi connectivity index (χ1n) is 9.52. The first kappa shape index (κ1) is 16.9. The zero-order valence-electron chi connectivity index (χ0n) is 15.9. The van der Waals surface area contributed by atoms with Crippen LogP contribution in [0.1, 0.15) is 13.8 Å². The zero-order chi connectivity index (χ0) is 19.1. The lowest BCUT2D eigenvalue weighted by molar-refractivity contribution is -0.00551. The monoisotopic (exact) mass is 374 g/mol. The average Bonchev–Trinajstić information content (AvgIpc) is 3.37. The van der Waals surface area contributed by atoms with Gasteiger partial charge < -0.3 is 9.64 Å². The Morgan fingerprint density at radius 3 is 2.39 bits per heavy atom. The number of H-pyrrole nitrogens is 1. The Morgan fingerprint density at radius 2 is 1.68 bits per heavy atom. The van der Waals surface area contributed by atoms with Crippen LogP contribution in [0.2, 0.25) is 0 Å². The molecular formula is C21H22N6O. The van der Waals surface area contributed by atoms with Gasteiger partial charge >= 0.3 is 0 Å². The predicted molar refractivity (Wildman–Crippen MR) is 108 cm³/mol.